The maximum Gasteiger partial charge on any atom is 0.224 e. The van der Waals surface area contributed by atoms with Crippen molar-refractivity contribution in [3.63, 3.8) is 0 Å². The van der Waals surface area contributed by atoms with Gasteiger partial charge >= 0.3 is 0 Å². The summed E-state index contributed by atoms with van der Waals surface area (Å²) in [6, 6.07) is 8.02. The van der Waals surface area contributed by atoms with Crippen molar-refractivity contribution in [1.82, 2.24) is 29.7 Å². The van der Waals surface area contributed by atoms with Crippen LogP contribution in [0.2, 0.25) is 0 Å². The van der Waals surface area contributed by atoms with E-state index in [1.807, 2.05) is 41.7 Å². The normalized spacial score (nSPS) is 17.4. The Morgan fingerprint density at radius 1 is 1.17 bits per heavy atom. The van der Waals surface area contributed by atoms with Crippen LogP contribution >= 0.6 is 0 Å². The maximum absolute atomic E-state index is 12.8. The number of aryl methyl sites for hydroxylation is 1. The van der Waals surface area contributed by atoms with Gasteiger partial charge in [0.1, 0.15) is 5.82 Å². The van der Waals surface area contributed by atoms with E-state index in [-0.39, 0.29) is 5.91 Å². The molecule has 7 heteroatoms. The summed E-state index contributed by atoms with van der Waals surface area (Å²) in [6.07, 6.45) is 7.26. The lowest BCUT2D eigenvalue weighted by Gasteiger charge is -2.29. The van der Waals surface area contributed by atoms with Crippen LogP contribution in [0.25, 0.3) is 11.0 Å². The zero-order valence-electron chi connectivity index (χ0n) is 16.5. The van der Waals surface area contributed by atoms with Crippen LogP contribution in [0, 0.1) is 0 Å². The molecule has 0 saturated carbocycles. The minimum atomic E-state index is 0.177. The summed E-state index contributed by atoms with van der Waals surface area (Å²) in [5, 5.41) is 3.39. The van der Waals surface area contributed by atoms with Gasteiger partial charge in [0, 0.05) is 50.2 Å². The monoisotopic (exact) mass is 390 g/mol. The number of hydrogen-bond donors (Lipinski definition) is 1. The predicted molar refractivity (Wildman–Crippen MR) is 110 cm³/mol. The molecular formula is C22H26N6O. The first-order chi connectivity index (χ1) is 14.3. The number of nitrogens with zero attached hydrogens (tertiary/aromatic N) is 5. The van der Waals surface area contributed by atoms with Crippen molar-refractivity contribution < 1.29 is 4.79 Å². The van der Waals surface area contributed by atoms with Gasteiger partial charge in [-0.05, 0) is 38.1 Å². The third-order valence-corrected chi connectivity index (χ3v) is 6.10. The fourth-order valence-corrected chi connectivity index (χ4v) is 4.38. The van der Waals surface area contributed by atoms with E-state index in [2.05, 4.69) is 19.9 Å². The first kappa shape index (κ1) is 18.2. The van der Waals surface area contributed by atoms with Gasteiger partial charge in [-0.1, -0.05) is 12.1 Å². The van der Waals surface area contributed by atoms with Crippen LogP contribution in [0.1, 0.15) is 42.3 Å². The lowest BCUT2D eigenvalue weighted by Crippen LogP contribution is -2.37. The number of fused-ring (bicyclic) bond motifs is 2. The molecule has 1 amide bonds. The molecule has 2 aliphatic rings. The molecule has 0 unspecified atom stereocenters. The Labute approximate surface area is 170 Å². The van der Waals surface area contributed by atoms with E-state index < -0.39 is 0 Å². The van der Waals surface area contributed by atoms with Crippen LogP contribution in [-0.2, 0) is 24.3 Å². The summed E-state index contributed by atoms with van der Waals surface area (Å²) < 4.78 is 2.06. The van der Waals surface area contributed by atoms with Gasteiger partial charge in [0.2, 0.25) is 5.91 Å². The highest BCUT2D eigenvalue weighted by atomic mass is 16.2. The summed E-state index contributed by atoms with van der Waals surface area (Å²) in [5.41, 5.74) is 4.25. The van der Waals surface area contributed by atoms with Gasteiger partial charge in [0.25, 0.3) is 0 Å². The third kappa shape index (κ3) is 3.74. The average Bonchev–Trinajstić information content (AvgIpc) is 3.20. The van der Waals surface area contributed by atoms with Crippen LogP contribution in [0.5, 0.6) is 0 Å². The van der Waals surface area contributed by atoms with Crippen LogP contribution in [-0.4, -0.2) is 50.0 Å². The van der Waals surface area contributed by atoms with Crippen molar-refractivity contribution in [2.24, 2.45) is 0 Å². The number of para-hydroxylation sites is 2. The molecule has 0 spiro atoms. The second kappa shape index (κ2) is 7.91. The number of carbonyl (C=O) groups excluding carboxylic acids is 1. The molecule has 1 fully saturated rings. The van der Waals surface area contributed by atoms with Crippen molar-refractivity contribution in [3.05, 3.63) is 53.9 Å². The predicted octanol–water partition coefficient (Wildman–Crippen LogP) is 2.27. The first-order valence-corrected chi connectivity index (χ1v) is 10.5. The number of hydrogen-bond acceptors (Lipinski definition) is 5. The molecular weight excluding hydrogens is 364 g/mol. The lowest BCUT2D eigenvalue weighted by atomic mass is 9.96. The molecule has 4 heterocycles. The van der Waals surface area contributed by atoms with E-state index in [1.165, 1.54) is 0 Å². The van der Waals surface area contributed by atoms with Crippen LogP contribution in [0.4, 0.5) is 0 Å². The number of aromatic nitrogens is 4. The number of piperidine rings is 1. The van der Waals surface area contributed by atoms with Gasteiger partial charge in [-0.25, -0.2) is 15.0 Å². The van der Waals surface area contributed by atoms with Gasteiger partial charge in [0.05, 0.1) is 23.1 Å². The maximum atomic E-state index is 12.8. The molecule has 0 atom stereocenters. The van der Waals surface area contributed by atoms with E-state index in [9.17, 15) is 4.79 Å². The fourth-order valence-electron chi connectivity index (χ4n) is 4.38. The lowest BCUT2D eigenvalue weighted by molar-refractivity contribution is -0.132. The molecule has 2 aliphatic heterocycles. The Hall–Kier alpha value is -2.80. The quantitative estimate of drug-likeness (QED) is 0.740. The van der Waals surface area contributed by atoms with Crippen LogP contribution < -0.4 is 5.32 Å². The highest BCUT2D eigenvalue weighted by Gasteiger charge is 2.24. The largest absolute Gasteiger partial charge is 0.338 e. The molecule has 150 valence electrons. The first-order valence-electron chi connectivity index (χ1n) is 10.5. The Kier molecular flexibility index (Phi) is 4.97. The molecule has 2 aromatic heterocycles. The number of imidazole rings is 1. The van der Waals surface area contributed by atoms with Gasteiger partial charge in [-0.3, -0.25) is 4.79 Å². The molecule has 0 radical (unpaired) electrons. The molecule has 29 heavy (non-hydrogen) atoms. The molecule has 1 aromatic carbocycles. The van der Waals surface area contributed by atoms with E-state index in [0.717, 1.165) is 67.0 Å². The molecule has 5 rings (SSSR count). The summed E-state index contributed by atoms with van der Waals surface area (Å²) >= 11 is 0. The van der Waals surface area contributed by atoms with E-state index in [1.54, 1.807) is 0 Å². The number of rotatable bonds is 4. The number of carbonyl (C=O) groups is 1. The molecule has 0 bridgehead atoms. The number of nitrogens with one attached hydrogen (secondary N) is 1. The van der Waals surface area contributed by atoms with Crippen molar-refractivity contribution in [3.8, 4) is 0 Å². The van der Waals surface area contributed by atoms with Gasteiger partial charge in [-0.15, -0.1) is 0 Å². The smallest absolute Gasteiger partial charge is 0.224 e. The summed E-state index contributed by atoms with van der Waals surface area (Å²) in [6.45, 7) is 4.08. The zero-order chi connectivity index (χ0) is 19.6. The molecule has 7 nitrogen and oxygen atoms in total. The highest BCUT2D eigenvalue weighted by Crippen LogP contribution is 2.25. The Bertz CT molecular complexity index is 1020. The molecule has 0 aliphatic carbocycles. The summed E-state index contributed by atoms with van der Waals surface area (Å²) in [4.78, 5) is 28.6. The minimum absolute atomic E-state index is 0.177. The minimum Gasteiger partial charge on any atom is -0.338 e. The Balaban J connectivity index is 1.22. The highest BCUT2D eigenvalue weighted by molar-refractivity contribution is 5.77. The second-order valence-corrected chi connectivity index (χ2v) is 7.97. The van der Waals surface area contributed by atoms with Crippen LogP contribution in [0.3, 0.4) is 0 Å². The molecule has 1 N–H and O–H groups in total. The second-order valence-electron chi connectivity index (χ2n) is 7.97. The topological polar surface area (TPSA) is 75.9 Å². The van der Waals surface area contributed by atoms with Gasteiger partial charge in [0.15, 0.2) is 0 Å². The third-order valence-electron chi connectivity index (χ3n) is 6.10. The van der Waals surface area contributed by atoms with Gasteiger partial charge < -0.3 is 14.8 Å². The van der Waals surface area contributed by atoms with Crippen molar-refractivity contribution >= 4 is 16.9 Å². The van der Waals surface area contributed by atoms with Crippen molar-refractivity contribution in [2.75, 3.05) is 19.6 Å². The van der Waals surface area contributed by atoms with E-state index >= 15 is 0 Å². The number of benzene rings is 1. The van der Waals surface area contributed by atoms with Crippen molar-refractivity contribution in [1.29, 1.82) is 0 Å². The molecule has 1 saturated heterocycles. The standard InChI is InChI=1S/C22H26N6O/c29-21(8-12-28-15-25-19-3-1-2-4-20(19)28)27-11-7-18-17(14-27)13-24-22(26-18)16-5-9-23-10-6-16/h1-4,13,15-16,23H,5-12,14H2. The van der Waals surface area contributed by atoms with Gasteiger partial charge in [-0.2, -0.15) is 0 Å². The fraction of sp³-hybridized carbons (Fsp3) is 0.455. The molecule has 3 aromatic rings. The summed E-state index contributed by atoms with van der Waals surface area (Å²) in [7, 11) is 0. The zero-order valence-corrected chi connectivity index (χ0v) is 16.5. The van der Waals surface area contributed by atoms with Crippen molar-refractivity contribution in [2.45, 2.75) is 44.7 Å². The summed E-state index contributed by atoms with van der Waals surface area (Å²) in [5.74, 6) is 1.62. The Morgan fingerprint density at radius 3 is 2.93 bits per heavy atom. The van der Waals surface area contributed by atoms with E-state index in [0.29, 0.717) is 25.4 Å². The average molecular weight is 390 g/mol. The number of amides is 1. The van der Waals surface area contributed by atoms with Crippen LogP contribution in [0.15, 0.2) is 36.8 Å². The SMILES string of the molecule is O=C(CCn1cnc2ccccc21)N1CCc2nc(C3CCNCC3)ncc2C1. The Morgan fingerprint density at radius 2 is 2.03 bits per heavy atom. The van der Waals surface area contributed by atoms with E-state index in [4.69, 9.17) is 4.98 Å².